The minimum absolute atomic E-state index is 0.107. The van der Waals surface area contributed by atoms with Crippen LogP contribution in [0, 0.1) is 6.92 Å². The summed E-state index contributed by atoms with van der Waals surface area (Å²) < 4.78 is 1.71. The molecule has 3 aromatic rings. The minimum atomic E-state index is -0.289. The number of pyridine rings is 1. The molecule has 2 aromatic heterocycles. The van der Waals surface area contributed by atoms with Gasteiger partial charge in [0.1, 0.15) is 18.8 Å². The van der Waals surface area contributed by atoms with Gasteiger partial charge in [-0.3, -0.25) is 9.78 Å². The van der Waals surface area contributed by atoms with Gasteiger partial charge in [0.2, 0.25) is 0 Å². The Balaban J connectivity index is 1.67. The predicted molar refractivity (Wildman–Crippen MR) is 84.2 cm³/mol. The molecular weight excluding hydrogens is 292 g/mol. The molecule has 1 aromatic carbocycles. The molecule has 1 atom stereocenters. The lowest BCUT2D eigenvalue weighted by atomic mass is 10.0. The maximum absolute atomic E-state index is 12.2. The van der Waals surface area contributed by atoms with Gasteiger partial charge in [-0.1, -0.05) is 12.1 Å². The monoisotopic (exact) mass is 306 g/mol. The quantitative estimate of drug-likeness (QED) is 0.754. The van der Waals surface area contributed by atoms with Gasteiger partial charge in [0.25, 0.3) is 5.91 Å². The fourth-order valence-corrected chi connectivity index (χ4v) is 2.72. The summed E-state index contributed by atoms with van der Waals surface area (Å²) in [4.78, 5) is 20.2. The number of nitrogens with one attached hydrogen (secondary N) is 2. The first-order valence-electron chi connectivity index (χ1n) is 7.19. The minimum Gasteiger partial charge on any atom is -0.360 e. The molecule has 2 N–H and O–H groups in total. The lowest BCUT2D eigenvalue weighted by molar-refractivity contribution is 0.0935. The van der Waals surface area contributed by atoms with Crippen molar-refractivity contribution in [3.05, 3.63) is 66.0 Å². The molecule has 23 heavy (non-hydrogen) atoms. The topological polar surface area (TPSA) is 84.7 Å². The second kappa shape index (κ2) is 5.20. The molecule has 0 aliphatic carbocycles. The SMILES string of the molecule is Cc1cc([C@H]2NC(=O)c3ccncc3N2)ccc1-n1cncn1. The van der Waals surface area contributed by atoms with Gasteiger partial charge in [-0.2, -0.15) is 5.10 Å². The Morgan fingerprint density at radius 1 is 1.17 bits per heavy atom. The fraction of sp³-hybridized carbons (Fsp3) is 0.125. The van der Waals surface area contributed by atoms with Crippen molar-refractivity contribution in [2.45, 2.75) is 13.1 Å². The summed E-state index contributed by atoms with van der Waals surface area (Å²) in [7, 11) is 0. The second-order valence-electron chi connectivity index (χ2n) is 5.36. The standard InChI is InChI=1S/C16H14N6O/c1-10-6-11(2-3-14(10)22-9-18-8-19-22)15-20-13-7-17-5-4-12(13)16(23)21-15/h2-9,15,20H,1H3,(H,21,23)/t15-/m1/s1. The van der Waals surface area contributed by atoms with E-state index in [9.17, 15) is 4.79 Å². The highest BCUT2D eigenvalue weighted by molar-refractivity contribution is 6.01. The maximum atomic E-state index is 12.2. The van der Waals surface area contributed by atoms with Gasteiger partial charge in [-0.05, 0) is 30.2 Å². The van der Waals surface area contributed by atoms with Gasteiger partial charge < -0.3 is 10.6 Å². The average molecular weight is 306 g/mol. The molecule has 0 radical (unpaired) electrons. The van der Waals surface area contributed by atoms with E-state index in [1.165, 1.54) is 6.33 Å². The van der Waals surface area contributed by atoms with E-state index in [0.717, 1.165) is 22.5 Å². The largest absolute Gasteiger partial charge is 0.360 e. The first-order chi connectivity index (χ1) is 11.2. The van der Waals surface area contributed by atoms with Crippen LogP contribution in [-0.4, -0.2) is 25.7 Å². The van der Waals surface area contributed by atoms with Crippen molar-refractivity contribution in [1.29, 1.82) is 0 Å². The maximum Gasteiger partial charge on any atom is 0.255 e. The summed E-state index contributed by atoms with van der Waals surface area (Å²) in [5.41, 5.74) is 4.30. The number of hydrogen-bond donors (Lipinski definition) is 2. The zero-order valence-electron chi connectivity index (χ0n) is 12.4. The van der Waals surface area contributed by atoms with Crippen LogP contribution < -0.4 is 10.6 Å². The number of anilines is 1. The summed E-state index contributed by atoms with van der Waals surface area (Å²) in [5.74, 6) is -0.107. The van der Waals surface area contributed by atoms with Gasteiger partial charge >= 0.3 is 0 Å². The van der Waals surface area contributed by atoms with E-state index in [-0.39, 0.29) is 12.1 Å². The molecular formula is C16H14N6O. The van der Waals surface area contributed by atoms with Gasteiger partial charge in [-0.25, -0.2) is 9.67 Å². The summed E-state index contributed by atoms with van der Waals surface area (Å²) >= 11 is 0. The normalized spacial score (nSPS) is 16.4. The Kier molecular flexibility index (Phi) is 3.04. The van der Waals surface area contributed by atoms with Gasteiger partial charge in [0, 0.05) is 6.20 Å². The zero-order chi connectivity index (χ0) is 15.8. The van der Waals surface area contributed by atoms with Crippen LogP contribution in [0.15, 0.2) is 49.3 Å². The van der Waals surface area contributed by atoms with Crippen LogP contribution in [0.25, 0.3) is 5.69 Å². The number of aromatic nitrogens is 4. The number of carbonyl (C=O) groups excluding carboxylic acids is 1. The van der Waals surface area contributed by atoms with E-state index >= 15 is 0 Å². The van der Waals surface area contributed by atoms with Crippen molar-refractivity contribution in [3.63, 3.8) is 0 Å². The molecule has 114 valence electrons. The predicted octanol–water partition coefficient (Wildman–Crippen LogP) is 1.82. The molecule has 1 aliphatic rings. The molecule has 3 heterocycles. The van der Waals surface area contributed by atoms with E-state index in [2.05, 4.69) is 25.7 Å². The molecule has 0 saturated heterocycles. The number of nitrogens with zero attached hydrogens (tertiary/aromatic N) is 4. The molecule has 0 fully saturated rings. The molecule has 0 unspecified atom stereocenters. The van der Waals surface area contributed by atoms with Crippen LogP contribution in [0.5, 0.6) is 0 Å². The van der Waals surface area contributed by atoms with Crippen molar-refractivity contribution in [3.8, 4) is 5.69 Å². The average Bonchev–Trinajstić information content (AvgIpc) is 3.09. The van der Waals surface area contributed by atoms with E-state index in [1.54, 1.807) is 29.5 Å². The third-order valence-electron chi connectivity index (χ3n) is 3.86. The van der Waals surface area contributed by atoms with Crippen LogP contribution in [0.4, 0.5) is 5.69 Å². The van der Waals surface area contributed by atoms with Crippen LogP contribution >= 0.6 is 0 Å². The summed E-state index contributed by atoms with van der Waals surface area (Å²) in [5, 5.41) is 10.4. The lowest BCUT2D eigenvalue weighted by Gasteiger charge is -2.28. The molecule has 0 spiro atoms. The van der Waals surface area contributed by atoms with Crippen molar-refractivity contribution < 1.29 is 4.79 Å². The number of benzene rings is 1. The Hall–Kier alpha value is -3.22. The van der Waals surface area contributed by atoms with E-state index in [1.807, 2.05) is 25.1 Å². The van der Waals surface area contributed by atoms with Crippen molar-refractivity contribution in [2.75, 3.05) is 5.32 Å². The zero-order valence-corrected chi connectivity index (χ0v) is 12.4. The van der Waals surface area contributed by atoms with Crippen molar-refractivity contribution in [1.82, 2.24) is 25.1 Å². The Bertz CT molecular complexity index is 874. The second-order valence-corrected chi connectivity index (χ2v) is 5.36. The molecule has 1 amide bonds. The lowest BCUT2D eigenvalue weighted by Crippen LogP contribution is -2.38. The van der Waals surface area contributed by atoms with E-state index in [4.69, 9.17) is 0 Å². The third kappa shape index (κ3) is 2.32. The van der Waals surface area contributed by atoms with Crippen LogP contribution in [0.2, 0.25) is 0 Å². The van der Waals surface area contributed by atoms with Crippen LogP contribution in [0.3, 0.4) is 0 Å². The molecule has 7 nitrogen and oxygen atoms in total. The Morgan fingerprint density at radius 3 is 2.87 bits per heavy atom. The summed E-state index contributed by atoms with van der Waals surface area (Å²) in [6.07, 6.45) is 6.14. The smallest absolute Gasteiger partial charge is 0.255 e. The van der Waals surface area contributed by atoms with Crippen LogP contribution in [0.1, 0.15) is 27.7 Å². The Morgan fingerprint density at radius 2 is 2.09 bits per heavy atom. The number of rotatable bonds is 2. The van der Waals surface area contributed by atoms with E-state index < -0.39 is 0 Å². The first-order valence-corrected chi connectivity index (χ1v) is 7.19. The molecule has 0 bridgehead atoms. The van der Waals surface area contributed by atoms with Gasteiger partial charge in [0.05, 0.1) is 23.1 Å². The number of carbonyl (C=O) groups is 1. The molecule has 1 aliphatic heterocycles. The molecule has 0 saturated carbocycles. The Labute approximate surface area is 132 Å². The number of hydrogen-bond acceptors (Lipinski definition) is 5. The van der Waals surface area contributed by atoms with E-state index in [0.29, 0.717) is 5.56 Å². The van der Waals surface area contributed by atoms with Crippen molar-refractivity contribution in [2.24, 2.45) is 0 Å². The number of amides is 1. The highest BCUT2D eigenvalue weighted by Crippen LogP contribution is 2.27. The van der Waals surface area contributed by atoms with Crippen LogP contribution in [-0.2, 0) is 0 Å². The van der Waals surface area contributed by atoms with Gasteiger partial charge in [-0.15, -0.1) is 0 Å². The highest BCUT2D eigenvalue weighted by Gasteiger charge is 2.24. The summed E-state index contributed by atoms with van der Waals surface area (Å²) in [6, 6.07) is 7.65. The van der Waals surface area contributed by atoms with Crippen molar-refractivity contribution >= 4 is 11.6 Å². The van der Waals surface area contributed by atoms with Gasteiger partial charge in [0.15, 0.2) is 0 Å². The number of aryl methyl sites for hydroxylation is 1. The third-order valence-corrected chi connectivity index (χ3v) is 3.86. The fourth-order valence-electron chi connectivity index (χ4n) is 2.72. The number of fused-ring (bicyclic) bond motifs is 1. The molecule has 7 heteroatoms. The molecule has 4 rings (SSSR count). The summed E-state index contributed by atoms with van der Waals surface area (Å²) in [6.45, 7) is 2.00. The first kappa shape index (κ1) is 13.4. The highest BCUT2D eigenvalue weighted by atomic mass is 16.2.